The summed E-state index contributed by atoms with van der Waals surface area (Å²) < 4.78 is 0. The first-order chi connectivity index (χ1) is 11.2. The molecule has 24 heavy (non-hydrogen) atoms. The highest BCUT2D eigenvalue weighted by Crippen LogP contribution is 2.04. The second kappa shape index (κ2) is 12.7. The third-order valence-corrected chi connectivity index (χ3v) is 3.28. The summed E-state index contributed by atoms with van der Waals surface area (Å²) in [5.74, 6) is -3.16. The third kappa shape index (κ3) is 14.0. The highest BCUT2D eigenvalue weighted by atomic mass is 32.1. The zero-order valence-corrected chi connectivity index (χ0v) is 14.3. The van der Waals surface area contributed by atoms with Gasteiger partial charge in [-0.25, -0.2) is 0 Å². The molecule has 0 aromatic rings. The summed E-state index contributed by atoms with van der Waals surface area (Å²) in [5, 5.41) is 25.8. The van der Waals surface area contributed by atoms with Crippen LogP contribution in [0.2, 0.25) is 0 Å². The SMILES string of the molecule is O=C(O)CN(CCCCCCN(CC(=O)O)CC(=O)S)CC(=O)O. The number of unbranched alkanes of at least 4 members (excludes halogenated alkanes) is 3. The zero-order valence-electron chi connectivity index (χ0n) is 13.4. The van der Waals surface area contributed by atoms with Gasteiger partial charge >= 0.3 is 17.9 Å². The molecular formula is C14H24N2O7S. The molecule has 0 fully saturated rings. The Bertz CT molecular complexity index is 373. The molecule has 0 aliphatic heterocycles. The van der Waals surface area contributed by atoms with Crippen LogP contribution in [0.1, 0.15) is 25.7 Å². The lowest BCUT2D eigenvalue weighted by Crippen LogP contribution is -2.35. The fourth-order valence-corrected chi connectivity index (χ4v) is 2.42. The van der Waals surface area contributed by atoms with Gasteiger partial charge in [-0.15, -0.1) is 12.6 Å². The van der Waals surface area contributed by atoms with Crippen LogP contribution in [0.3, 0.4) is 0 Å². The highest BCUT2D eigenvalue weighted by Gasteiger charge is 2.13. The summed E-state index contributed by atoms with van der Waals surface area (Å²) in [5.41, 5.74) is 0. The van der Waals surface area contributed by atoms with Gasteiger partial charge in [-0.3, -0.25) is 29.0 Å². The lowest BCUT2D eigenvalue weighted by Gasteiger charge is -2.19. The quantitative estimate of drug-likeness (QED) is 0.231. The van der Waals surface area contributed by atoms with Gasteiger partial charge in [0.05, 0.1) is 26.2 Å². The molecule has 0 aliphatic carbocycles. The molecule has 0 atom stereocenters. The van der Waals surface area contributed by atoms with E-state index in [1.54, 1.807) is 0 Å². The van der Waals surface area contributed by atoms with Crippen molar-refractivity contribution in [3.05, 3.63) is 0 Å². The predicted molar refractivity (Wildman–Crippen MR) is 88.2 cm³/mol. The minimum absolute atomic E-state index is 0.0274. The van der Waals surface area contributed by atoms with Crippen molar-refractivity contribution in [3.8, 4) is 0 Å². The van der Waals surface area contributed by atoms with Gasteiger partial charge in [0.1, 0.15) is 0 Å². The molecule has 9 nitrogen and oxygen atoms in total. The van der Waals surface area contributed by atoms with E-state index in [2.05, 4.69) is 12.6 Å². The van der Waals surface area contributed by atoms with Crippen LogP contribution in [0.25, 0.3) is 0 Å². The van der Waals surface area contributed by atoms with Crippen molar-refractivity contribution in [2.24, 2.45) is 0 Å². The van der Waals surface area contributed by atoms with E-state index in [1.165, 1.54) is 9.80 Å². The highest BCUT2D eigenvalue weighted by molar-refractivity contribution is 7.96. The van der Waals surface area contributed by atoms with Crippen molar-refractivity contribution in [1.29, 1.82) is 0 Å². The fourth-order valence-electron chi connectivity index (χ4n) is 2.22. The number of carbonyl (C=O) groups excluding carboxylic acids is 1. The Morgan fingerprint density at radius 1 is 0.625 bits per heavy atom. The van der Waals surface area contributed by atoms with E-state index in [0.29, 0.717) is 25.9 Å². The number of nitrogens with zero attached hydrogens (tertiary/aromatic N) is 2. The van der Waals surface area contributed by atoms with Crippen LogP contribution in [-0.2, 0) is 19.2 Å². The second-order valence-corrected chi connectivity index (χ2v) is 5.91. The summed E-state index contributed by atoms with van der Waals surface area (Å²) in [6, 6.07) is 0. The van der Waals surface area contributed by atoms with Crippen molar-refractivity contribution in [2.75, 3.05) is 39.3 Å². The minimum atomic E-state index is -1.07. The normalized spacial score (nSPS) is 11.0. The maximum atomic E-state index is 11.0. The van der Waals surface area contributed by atoms with Crippen molar-refractivity contribution >= 4 is 35.7 Å². The molecule has 10 heteroatoms. The fraction of sp³-hybridized carbons (Fsp3) is 0.714. The number of rotatable bonds is 15. The Morgan fingerprint density at radius 2 is 0.958 bits per heavy atom. The number of carbonyl (C=O) groups is 4. The first-order valence-electron chi connectivity index (χ1n) is 7.52. The number of carboxylic acids is 3. The van der Waals surface area contributed by atoms with Crippen LogP contribution in [0.5, 0.6) is 0 Å². The van der Waals surface area contributed by atoms with Crippen molar-refractivity contribution < 1.29 is 34.5 Å². The summed E-state index contributed by atoms with van der Waals surface area (Å²) in [4.78, 5) is 45.8. The molecule has 0 aliphatic rings. The van der Waals surface area contributed by atoms with E-state index in [9.17, 15) is 19.2 Å². The lowest BCUT2D eigenvalue weighted by molar-refractivity contribution is -0.142. The van der Waals surface area contributed by atoms with Gasteiger partial charge in [-0.2, -0.15) is 0 Å². The average molecular weight is 364 g/mol. The van der Waals surface area contributed by atoms with Gasteiger partial charge < -0.3 is 15.3 Å². The van der Waals surface area contributed by atoms with Crippen molar-refractivity contribution in [2.45, 2.75) is 25.7 Å². The number of thiol groups is 1. The van der Waals surface area contributed by atoms with Crippen molar-refractivity contribution in [3.63, 3.8) is 0 Å². The van der Waals surface area contributed by atoms with Gasteiger partial charge in [-0.05, 0) is 25.9 Å². The van der Waals surface area contributed by atoms with Crippen molar-refractivity contribution in [1.82, 2.24) is 9.80 Å². The smallest absolute Gasteiger partial charge is 0.317 e. The monoisotopic (exact) mass is 364 g/mol. The molecule has 138 valence electrons. The standard InChI is InChI=1S/C14H24N2O7S/c17-11(18)7-15(8-12(19)20)5-3-1-2-4-6-16(9-13(21)22)10-14(23)24/h1-10H2,(H,17,18)(H,19,20)(H,21,22)(H,23,24). The van der Waals surface area contributed by atoms with Crippen LogP contribution in [0, 0.1) is 0 Å². The molecule has 0 aromatic heterocycles. The van der Waals surface area contributed by atoms with Crippen LogP contribution in [0.15, 0.2) is 0 Å². The Balaban J connectivity index is 3.99. The maximum Gasteiger partial charge on any atom is 0.317 e. The molecular weight excluding hydrogens is 340 g/mol. The van der Waals surface area contributed by atoms with E-state index in [4.69, 9.17) is 15.3 Å². The molecule has 0 heterocycles. The van der Waals surface area contributed by atoms with Gasteiger partial charge in [-0.1, -0.05) is 12.8 Å². The van der Waals surface area contributed by atoms with E-state index in [-0.39, 0.29) is 26.2 Å². The van der Waals surface area contributed by atoms with E-state index in [0.717, 1.165) is 12.8 Å². The van der Waals surface area contributed by atoms with Crippen LogP contribution in [0.4, 0.5) is 0 Å². The van der Waals surface area contributed by atoms with E-state index < -0.39 is 23.0 Å². The average Bonchev–Trinajstić information content (AvgIpc) is 2.39. The summed E-state index contributed by atoms with van der Waals surface area (Å²) in [6.07, 6.45) is 2.85. The summed E-state index contributed by atoms with van der Waals surface area (Å²) >= 11 is 3.64. The Morgan fingerprint density at radius 3 is 1.25 bits per heavy atom. The molecule has 0 saturated carbocycles. The molecule has 0 amide bonds. The van der Waals surface area contributed by atoms with Crippen LogP contribution < -0.4 is 0 Å². The zero-order chi connectivity index (χ0) is 18.5. The molecule has 3 N–H and O–H groups in total. The van der Waals surface area contributed by atoms with Gasteiger partial charge in [0.15, 0.2) is 5.12 Å². The first-order valence-corrected chi connectivity index (χ1v) is 7.97. The van der Waals surface area contributed by atoms with Crippen LogP contribution in [-0.4, -0.2) is 87.4 Å². The Labute approximate surface area is 145 Å². The Hall–Kier alpha value is -1.65. The number of hydrogen-bond donors (Lipinski definition) is 4. The van der Waals surface area contributed by atoms with Gasteiger partial charge in [0.25, 0.3) is 0 Å². The number of carboxylic acid groups (broad SMARTS) is 3. The largest absolute Gasteiger partial charge is 0.480 e. The first kappa shape index (κ1) is 22.4. The lowest BCUT2D eigenvalue weighted by atomic mass is 10.1. The summed E-state index contributed by atoms with van der Waals surface area (Å²) in [7, 11) is 0. The second-order valence-electron chi connectivity index (χ2n) is 5.41. The molecule has 0 rings (SSSR count). The number of aliphatic carboxylic acids is 3. The molecule has 0 spiro atoms. The number of hydrogen-bond acceptors (Lipinski definition) is 6. The van der Waals surface area contributed by atoms with E-state index >= 15 is 0 Å². The molecule has 0 saturated heterocycles. The molecule has 0 bridgehead atoms. The molecule has 0 unspecified atom stereocenters. The molecule has 0 aromatic carbocycles. The van der Waals surface area contributed by atoms with Gasteiger partial charge in [0.2, 0.25) is 0 Å². The van der Waals surface area contributed by atoms with E-state index in [1.807, 2.05) is 0 Å². The summed E-state index contributed by atoms with van der Waals surface area (Å²) in [6.45, 7) is -0.0671. The van der Waals surface area contributed by atoms with Gasteiger partial charge in [0, 0.05) is 0 Å². The molecule has 0 radical (unpaired) electrons. The van der Waals surface area contributed by atoms with Crippen LogP contribution >= 0.6 is 12.6 Å². The third-order valence-electron chi connectivity index (χ3n) is 3.13. The topological polar surface area (TPSA) is 135 Å². The Kier molecular flexibility index (Phi) is 11.9. The maximum absolute atomic E-state index is 11.0. The minimum Gasteiger partial charge on any atom is -0.480 e. The predicted octanol–water partition coefficient (Wildman–Crippen LogP) is -0.139.